The number of nitrogens with two attached hydrogens (primary N) is 1. The molecule has 0 aliphatic heterocycles. The quantitative estimate of drug-likeness (QED) is 0.616. The number of aryl methyl sites for hydroxylation is 1. The highest BCUT2D eigenvalue weighted by atomic mass is 32.1. The second kappa shape index (κ2) is 4.53. The lowest BCUT2D eigenvalue weighted by Gasteiger charge is -2.05. The van der Waals surface area contributed by atoms with Crippen LogP contribution in [0.4, 0.5) is 5.13 Å². The van der Waals surface area contributed by atoms with Crippen molar-refractivity contribution < 1.29 is 0 Å². The molecule has 2 N–H and O–H groups in total. The molecule has 0 spiro atoms. The Morgan fingerprint density at radius 1 is 1.19 bits per heavy atom. The Bertz CT molecular complexity index is 953. The van der Waals surface area contributed by atoms with Crippen molar-refractivity contribution in [1.29, 1.82) is 0 Å². The third kappa shape index (κ3) is 1.87. The molecule has 5 nitrogen and oxygen atoms in total. The van der Waals surface area contributed by atoms with Crippen LogP contribution in [0.5, 0.6) is 0 Å². The molecular weight excluding hydrogens is 282 g/mol. The van der Waals surface area contributed by atoms with Crippen LogP contribution in [0.2, 0.25) is 0 Å². The van der Waals surface area contributed by atoms with E-state index >= 15 is 0 Å². The first-order valence-corrected chi connectivity index (χ1v) is 7.54. The molecule has 21 heavy (non-hydrogen) atoms. The molecule has 0 aliphatic rings. The first-order valence-electron chi connectivity index (χ1n) is 6.73. The predicted octanol–water partition coefficient (Wildman–Crippen LogP) is 3.31. The van der Waals surface area contributed by atoms with Gasteiger partial charge >= 0.3 is 0 Å². The number of imidazole rings is 1. The molecule has 104 valence electrons. The third-order valence-corrected chi connectivity index (χ3v) is 4.38. The number of pyridine rings is 1. The SMILES string of the molecule is CCn1c(-c2ccc3nc(N)sc3c2)nc2cnccc21. The summed E-state index contributed by atoms with van der Waals surface area (Å²) in [6.07, 6.45) is 3.60. The maximum absolute atomic E-state index is 5.77. The van der Waals surface area contributed by atoms with Gasteiger partial charge in [-0.2, -0.15) is 0 Å². The molecule has 3 aromatic heterocycles. The van der Waals surface area contributed by atoms with E-state index in [1.54, 1.807) is 12.4 Å². The van der Waals surface area contributed by atoms with E-state index in [-0.39, 0.29) is 0 Å². The topological polar surface area (TPSA) is 69.6 Å². The summed E-state index contributed by atoms with van der Waals surface area (Å²) in [7, 11) is 0. The number of thiazole rings is 1. The molecule has 0 amide bonds. The molecule has 0 saturated carbocycles. The standard InChI is InChI=1S/C15H13N5S/c1-2-20-12-5-6-17-8-11(12)18-14(20)9-3-4-10-13(7-9)21-15(16)19-10/h3-8H,2H2,1H3,(H2,16,19). The van der Waals surface area contributed by atoms with E-state index in [0.717, 1.165) is 39.2 Å². The van der Waals surface area contributed by atoms with Crippen molar-refractivity contribution in [3.63, 3.8) is 0 Å². The number of benzene rings is 1. The zero-order valence-corrected chi connectivity index (χ0v) is 12.3. The number of nitrogen functional groups attached to an aromatic ring is 1. The minimum atomic E-state index is 0.593. The lowest BCUT2D eigenvalue weighted by atomic mass is 10.2. The molecular formula is C15H13N5S. The van der Waals surface area contributed by atoms with Crippen LogP contribution in [-0.4, -0.2) is 19.5 Å². The number of nitrogens with zero attached hydrogens (tertiary/aromatic N) is 4. The molecule has 3 heterocycles. The van der Waals surface area contributed by atoms with Crippen LogP contribution in [0.1, 0.15) is 6.92 Å². The molecule has 0 aliphatic carbocycles. The van der Waals surface area contributed by atoms with Crippen LogP contribution in [0.3, 0.4) is 0 Å². The second-order valence-electron chi connectivity index (χ2n) is 4.78. The molecule has 0 saturated heterocycles. The Morgan fingerprint density at radius 3 is 2.95 bits per heavy atom. The Morgan fingerprint density at radius 2 is 2.10 bits per heavy atom. The van der Waals surface area contributed by atoms with Gasteiger partial charge in [-0.3, -0.25) is 4.98 Å². The van der Waals surface area contributed by atoms with Crippen molar-refractivity contribution in [3.05, 3.63) is 36.7 Å². The first-order chi connectivity index (χ1) is 10.3. The zero-order chi connectivity index (χ0) is 14.4. The summed E-state index contributed by atoms with van der Waals surface area (Å²) in [6, 6.07) is 8.14. The van der Waals surface area contributed by atoms with Crippen LogP contribution >= 0.6 is 11.3 Å². The van der Waals surface area contributed by atoms with Gasteiger partial charge in [-0.25, -0.2) is 9.97 Å². The summed E-state index contributed by atoms with van der Waals surface area (Å²) in [6.45, 7) is 2.98. The highest BCUT2D eigenvalue weighted by molar-refractivity contribution is 7.22. The van der Waals surface area contributed by atoms with Crippen molar-refractivity contribution in [2.75, 3.05) is 5.73 Å². The van der Waals surface area contributed by atoms with Crippen LogP contribution in [0.15, 0.2) is 36.7 Å². The summed E-state index contributed by atoms with van der Waals surface area (Å²) in [4.78, 5) is 13.2. The maximum Gasteiger partial charge on any atom is 0.181 e. The van der Waals surface area contributed by atoms with E-state index < -0.39 is 0 Å². The monoisotopic (exact) mass is 295 g/mol. The fourth-order valence-corrected chi connectivity index (χ4v) is 3.38. The number of hydrogen-bond donors (Lipinski definition) is 1. The summed E-state index contributed by atoms with van der Waals surface area (Å²) < 4.78 is 3.28. The van der Waals surface area contributed by atoms with Crippen LogP contribution in [-0.2, 0) is 6.54 Å². The Kier molecular flexibility index (Phi) is 2.65. The largest absolute Gasteiger partial charge is 0.375 e. The Labute approximate surface area is 125 Å². The fourth-order valence-electron chi connectivity index (χ4n) is 2.60. The van der Waals surface area contributed by atoms with E-state index in [1.165, 1.54) is 11.3 Å². The van der Waals surface area contributed by atoms with Gasteiger partial charge in [0, 0.05) is 18.3 Å². The lowest BCUT2D eigenvalue weighted by Crippen LogP contribution is -1.97. The van der Waals surface area contributed by atoms with E-state index in [1.807, 2.05) is 18.2 Å². The van der Waals surface area contributed by atoms with E-state index in [0.29, 0.717) is 5.13 Å². The summed E-state index contributed by atoms with van der Waals surface area (Å²) >= 11 is 1.50. The van der Waals surface area contributed by atoms with Crippen molar-refractivity contribution in [2.45, 2.75) is 13.5 Å². The fraction of sp³-hybridized carbons (Fsp3) is 0.133. The smallest absolute Gasteiger partial charge is 0.181 e. The minimum Gasteiger partial charge on any atom is -0.375 e. The molecule has 6 heteroatoms. The van der Waals surface area contributed by atoms with Crippen molar-refractivity contribution in [1.82, 2.24) is 19.5 Å². The van der Waals surface area contributed by atoms with Gasteiger partial charge in [0.25, 0.3) is 0 Å². The highest BCUT2D eigenvalue weighted by Gasteiger charge is 2.12. The first kappa shape index (κ1) is 12.3. The van der Waals surface area contributed by atoms with Gasteiger partial charge in [0.05, 0.1) is 21.9 Å². The summed E-state index contributed by atoms with van der Waals surface area (Å²) in [5.74, 6) is 0.953. The van der Waals surface area contributed by atoms with E-state index in [9.17, 15) is 0 Å². The third-order valence-electron chi connectivity index (χ3n) is 3.53. The number of fused-ring (bicyclic) bond motifs is 2. The van der Waals surface area contributed by atoms with Crippen molar-refractivity contribution >= 4 is 37.7 Å². The van der Waals surface area contributed by atoms with Gasteiger partial charge in [-0.1, -0.05) is 11.3 Å². The lowest BCUT2D eigenvalue weighted by molar-refractivity contribution is 0.796. The molecule has 0 radical (unpaired) electrons. The number of rotatable bonds is 2. The second-order valence-corrected chi connectivity index (χ2v) is 5.84. The summed E-state index contributed by atoms with van der Waals surface area (Å²) in [5.41, 5.74) is 9.80. The van der Waals surface area contributed by atoms with E-state index in [2.05, 4.69) is 27.5 Å². The summed E-state index contributed by atoms with van der Waals surface area (Å²) in [5, 5.41) is 0.593. The molecule has 0 bridgehead atoms. The average Bonchev–Trinajstić information content (AvgIpc) is 3.05. The molecule has 1 aromatic carbocycles. The molecule has 0 fully saturated rings. The van der Waals surface area contributed by atoms with Gasteiger partial charge in [0.1, 0.15) is 11.3 Å². The number of anilines is 1. The number of aromatic nitrogens is 4. The minimum absolute atomic E-state index is 0.593. The van der Waals surface area contributed by atoms with Gasteiger partial charge < -0.3 is 10.3 Å². The van der Waals surface area contributed by atoms with Gasteiger partial charge in [0.15, 0.2) is 5.13 Å². The molecule has 0 unspecified atom stereocenters. The van der Waals surface area contributed by atoms with Crippen LogP contribution in [0, 0.1) is 0 Å². The van der Waals surface area contributed by atoms with Crippen LogP contribution < -0.4 is 5.73 Å². The van der Waals surface area contributed by atoms with Crippen LogP contribution in [0.25, 0.3) is 32.6 Å². The highest BCUT2D eigenvalue weighted by Crippen LogP contribution is 2.30. The number of hydrogen-bond acceptors (Lipinski definition) is 5. The zero-order valence-electron chi connectivity index (χ0n) is 11.4. The van der Waals surface area contributed by atoms with Crippen molar-refractivity contribution in [3.8, 4) is 11.4 Å². The predicted molar refractivity (Wildman–Crippen MR) is 86.2 cm³/mol. The average molecular weight is 295 g/mol. The Balaban J connectivity index is 1.98. The van der Waals surface area contributed by atoms with Crippen molar-refractivity contribution in [2.24, 2.45) is 0 Å². The van der Waals surface area contributed by atoms with E-state index in [4.69, 9.17) is 10.7 Å². The molecule has 4 rings (SSSR count). The van der Waals surface area contributed by atoms with Gasteiger partial charge in [-0.15, -0.1) is 0 Å². The molecule has 0 atom stereocenters. The van der Waals surface area contributed by atoms with Gasteiger partial charge in [-0.05, 0) is 31.2 Å². The molecule has 4 aromatic rings. The normalized spacial score (nSPS) is 11.5. The van der Waals surface area contributed by atoms with Gasteiger partial charge in [0.2, 0.25) is 0 Å². The Hall–Kier alpha value is -2.47. The maximum atomic E-state index is 5.77.